The predicted octanol–water partition coefficient (Wildman–Crippen LogP) is 23.2. The van der Waals surface area contributed by atoms with Gasteiger partial charge in [-0.25, -0.2) is 0 Å². The monoisotopic (exact) mass is 1110 g/mol. The molecule has 0 aromatic rings. The highest BCUT2D eigenvalue weighted by atomic mass is 16.6. The highest BCUT2D eigenvalue weighted by Crippen LogP contribution is 2.17. The van der Waals surface area contributed by atoms with Gasteiger partial charge in [-0.3, -0.25) is 14.4 Å². The van der Waals surface area contributed by atoms with Crippen LogP contribution in [-0.2, 0) is 28.6 Å². The van der Waals surface area contributed by atoms with Crippen LogP contribution in [-0.4, -0.2) is 37.2 Å². The third-order valence-electron chi connectivity index (χ3n) is 14.2. The van der Waals surface area contributed by atoms with Crippen LogP contribution in [0.5, 0.6) is 0 Å². The van der Waals surface area contributed by atoms with Crippen molar-refractivity contribution >= 4 is 17.9 Å². The molecule has 0 fully saturated rings. The van der Waals surface area contributed by atoms with E-state index in [4.69, 9.17) is 14.2 Å². The zero-order valence-corrected chi connectivity index (χ0v) is 52.3. The molecule has 6 heteroatoms. The quantitative estimate of drug-likeness (QED) is 0.0261. The van der Waals surface area contributed by atoms with Crippen LogP contribution in [0.1, 0.15) is 310 Å². The van der Waals surface area contributed by atoms with Gasteiger partial charge >= 0.3 is 17.9 Å². The van der Waals surface area contributed by atoms with Gasteiger partial charge in [-0.05, 0) is 96.3 Å². The molecule has 0 amide bonds. The molecular formula is C74H124O6. The summed E-state index contributed by atoms with van der Waals surface area (Å²) in [7, 11) is 0. The maximum atomic E-state index is 12.9. The molecular weight excluding hydrogens is 985 g/mol. The molecule has 80 heavy (non-hydrogen) atoms. The van der Waals surface area contributed by atoms with Gasteiger partial charge in [-0.15, -0.1) is 0 Å². The van der Waals surface area contributed by atoms with Crippen LogP contribution in [0, 0.1) is 0 Å². The molecule has 0 aliphatic heterocycles. The fourth-order valence-electron chi connectivity index (χ4n) is 9.29. The Morgan fingerprint density at radius 1 is 0.263 bits per heavy atom. The number of unbranched alkanes of at least 4 members (excludes halogenated alkanes) is 29. The van der Waals surface area contributed by atoms with Crippen LogP contribution in [0.2, 0.25) is 0 Å². The maximum absolute atomic E-state index is 12.9. The van der Waals surface area contributed by atoms with Crippen LogP contribution in [0.15, 0.2) is 122 Å². The molecule has 0 N–H and O–H groups in total. The number of carbonyl (C=O) groups is 3. The van der Waals surface area contributed by atoms with Gasteiger partial charge in [0.15, 0.2) is 6.10 Å². The number of allylic oxidation sites excluding steroid dienone is 20. The zero-order valence-electron chi connectivity index (χ0n) is 52.3. The minimum absolute atomic E-state index is 0.106. The number of hydrogen-bond donors (Lipinski definition) is 0. The topological polar surface area (TPSA) is 78.9 Å². The Hall–Kier alpha value is -4.19. The Morgan fingerprint density at radius 2 is 0.512 bits per heavy atom. The minimum atomic E-state index is -0.819. The lowest BCUT2D eigenvalue weighted by molar-refractivity contribution is -0.166. The average molecular weight is 1110 g/mol. The summed E-state index contributed by atoms with van der Waals surface area (Å²) in [6.45, 7) is 6.37. The summed E-state index contributed by atoms with van der Waals surface area (Å²) in [4.78, 5) is 38.3. The van der Waals surface area contributed by atoms with Crippen molar-refractivity contribution in [3.8, 4) is 0 Å². The Morgan fingerprint density at radius 3 is 0.812 bits per heavy atom. The lowest BCUT2D eigenvalue weighted by Gasteiger charge is -2.18. The van der Waals surface area contributed by atoms with Crippen molar-refractivity contribution in [1.82, 2.24) is 0 Å². The van der Waals surface area contributed by atoms with Gasteiger partial charge in [0.25, 0.3) is 0 Å². The fraction of sp³-hybridized carbons (Fsp3) is 0.689. The minimum Gasteiger partial charge on any atom is -0.462 e. The first-order valence-electron chi connectivity index (χ1n) is 33.5. The normalized spacial score (nSPS) is 12.9. The van der Waals surface area contributed by atoms with Crippen molar-refractivity contribution in [2.24, 2.45) is 0 Å². The second-order valence-electron chi connectivity index (χ2n) is 22.0. The third-order valence-corrected chi connectivity index (χ3v) is 14.2. The van der Waals surface area contributed by atoms with E-state index in [1.807, 2.05) is 6.08 Å². The standard InChI is InChI=1S/C74H124O6/c1-4-7-10-13-16-19-22-25-27-29-31-32-33-34-35-36-37-38-39-40-41-42-44-45-47-49-52-55-58-61-64-67-73(76)79-70-71(69-78-72(75)66-63-60-57-54-51-24-21-18-15-12-9-6-3)80-74(77)68-65-62-59-56-53-50-48-46-43-30-28-26-23-20-17-14-11-8-5-2/h7-8,10-11,16-17,19-20,25-28,31-32,43,46,50,53,59,62,71H,4-6,9,12-15,18,21-24,29-30,33-42,44-45,47-49,51-52,54-58,60-61,63-70H2,1-3H3/b10-7-,11-8-,19-16-,20-17-,27-25-,28-26-,32-31-,46-43-,53-50-,62-59-. The van der Waals surface area contributed by atoms with Crippen LogP contribution < -0.4 is 0 Å². The molecule has 0 spiro atoms. The fourth-order valence-corrected chi connectivity index (χ4v) is 9.29. The number of rotatable bonds is 60. The molecule has 0 radical (unpaired) electrons. The Bertz CT molecular complexity index is 1650. The van der Waals surface area contributed by atoms with Crippen molar-refractivity contribution in [2.75, 3.05) is 13.2 Å². The van der Waals surface area contributed by atoms with E-state index in [0.29, 0.717) is 19.3 Å². The first-order valence-corrected chi connectivity index (χ1v) is 33.5. The van der Waals surface area contributed by atoms with Crippen molar-refractivity contribution in [1.29, 1.82) is 0 Å². The molecule has 1 atom stereocenters. The van der Waals surface area contributed by atoms with Gasteiger partial charge in [0.2, 0.25) is 0 Å². The second-order valence-corrected chi connectivity index (χ2v) is 22.0. The number of carbonyl (C=O) groups excluding carboxylic acids is 3. The molecule has 456 valence electrons. The molecule has 1 unspecified atom stereocenters. The smallest absolute Gasteiger partial charge is 0.306 e. The summed E-state index contributed by atoms with van der Waals surface area (Å²) in [6, 6.07) is 0. The van der Waals surface area contributed by atoms with Crippen molar-refractivity contribution < 1.29 is 28.6 Å². The van der Waals surface area contributed by atoms with Crippen molar-refractivity contribution in [3.05, 3.63) is 122 Å². The van der Waals surface area contributed by atoms with E-state index in [2.05, 4.69) is 136 Å². The largest absolute Gasteiger partial charge is 0.462 e. The van der Waals surface area contributed by atoms with Crippen LogP contribution in [0.4, 0.5) is 0 Å². The van der Waals surface area contributed by atoms with Crippen LogP contribution >= 0.6 is 0 Å². The summed E-state index contributed by atoms with van der Waals surface area (Å²) in [5, 5.41) is 0. The van der Waals surface area contributed by atoms with Crippen molar-refractivity contribution in [3.63, 3.8) is 0 Å². The molecule has 0 aromatic carbocycles. The first kappa shape index (κ1) is 75.8. The van der Waals surface area contributed by atoms with Gasteiger partial charge in [0.05, 0.1) is 0 Å². The lowest BCUT2D eigenvalue weighted by atomic mass is 10.0. The molecule has 0 bridgehead atoms. The molecule has 0 rings (SSSR count). The van der Waals surface area contributed by atoms with E-state index in [9.17, 15) is 14.4 Å². The van der Waals surface area contributed by atoms with E-state index in [0.717, 1.165) is 103 Å². The molecule has 0 heterocycles. The molecule has 0 aliphatic carbocycles. The highest BCUT2D eigenvalue weighted by Gasteiger charge is 2.19. The summed E-state index contributed by atoms with van der Waals surface area (Å²) in [5.41, 5.74) is 0. The number of ether oxygens (including phenoxy) is 3. The van der Waals surface area contributed by atoms with Gasteiger partial charge < -0.3 is 14.2 Å². The average Bonchev–Trinajstić information content (AvgIpc) is 3.46. The van der Waals surface area contributed by atoms with E-state index >= 15 is 0 Å². The molecule has 0 saturated carbocycles. The van der Waals surface area contributed by atoms with E-state index in [1.54, 1.807) is 0 Å². The Kier molecular flexibility index (Phi) is 63.8. The number of esters is 3. The van der Waals surface area contributed by atoms with Gasteiger partial charge in [0, 0.05) is 19.3 Å². The van der Waals surface area contributed by atoms with Crippen LogP contribution in [0.3, 0.4) is 0 Å². The lowest BCUT2D eigenvalue weighted by Crippen LogP contribution is -2.30. The summed E-state index contributed by atoms with van der Waals surface area (Å²) >= 11 is 0. The molecule has 0 aliphatic rings. The van der Waals surface area contributed by atoms with Gasteiger partial charge in [-0.2, -0.15) is 0 Å². The molecule has 0 aromatic heterocycles. The number of hydrogen-bond acceptors (Lipinski definition) is 6. The molecule has 6 nitrogen and oxygen atoms in total. The highest BCUT2D eigenvalue weighted by molar-refractivity contribution is 5.71. The van der Waals surface area contributed by atoms with E-state index in [-0.39, 0.29) is 37.5 Å². The zero-order chi connectivity index (χ0) is 57.8. The van der Waals surface area contributed by atoms with Gasteiger partial charge in [-0.1, -0.05) is 316 Å². The van der Waals surface area contributed by atoms with E-state index < -0.39 is 6.10 Å². The predicted molar refractivity (Wildman–Crippen MR) is 348 cm³/mol. The SMILES string of the molecule is CC/C=C\C/C=C\C/C=C\C/C=C\C/C=C\C/C=C\CCC(=O)OC(COC(=O)CCCCCCCCCCCCCC)COC(=O)CCCCCCCCCCCCCCCCCCCC/C=C\C/C=C\C/C=C\C/C=C\CC. The second kappa shape index (κ2) is 67.3. The summed E-state index contributed by atoms with van der Waals surface area (Å²) in [5.74, 6) is -0.981. The van der Waals surface area contributed by atoms with Crippen LogP contribution in [0.25, 0.3) is 0 Å². The maximum Gasteiger partial charge on any atom is 0.306 e. The van der Waals surface area contributed by atoms with E-state index in [1.165, 1.54) is 161 Å². The Labute approximate surface area is 494 Å². The Balaban J connectivity index is 4.27. The first-order chi connectivity index (χ1) is 39.5. The summed E-state index contributed by atoms with van der Waals surface area (Å²) < 4.78 is 16.9. The van der Waals surface area contributed by atoms with Crippen molar-refractivity contribution in [2.45, 2.75) is 316 Å². The van der Waals surface area contributed by atoms with Gasteiger partial charge in [0.1, 0.15) is 13.2 Å². The third kappa shape index (κ3) is 64.6. The molecule has 0 saturated heterocycles. The summed E-state index contributed by atoms with van der Waals surface area (Å²) in [6.07, 6.45) is 93.8.